The minimum absolute atomic E-state index is 0.110. The molecule has 26 heavy (non-hydrogen) atoms. The fourth-order valence-corrected chi connectivity index (χ4v) is 5.54. The van der Waals surface area contributed by atoms with Gasteiger partial charge in [-0.3, -0.25) is 9.59 Å². The first-order valence-electron chi connectivity index (χ1n) is 9.32. The molecule has 1 heterocycles. The number of nitrogens with zero attached hydrogens (tertiary/aromatic N) is 2. The Labute approximate surface area is 151 Å². The quantitative estimate of drug-likeness (QED) is 0.478. The van der Waals surface area contributed by atoms with Gasteiger partial charge in [0.15, 0.2) is 0 Å². The molecule has 0 radical (unpaired) electrons. The molecule has 1 aliphatic heterocycles. The van der Waals surface area contributed by atoms with E-state index in [-0.39, 0.29) is 35.5 Å². The van der Waals surface area contributed by atoms with Gasteiger partial charge in [0, 0.05) is 5.56 Å². The number of carbonyl (C=O) groups is 2. The lowest BCUT2D eigenvalue weighted by atomic mass is 9.63. The summed E-state index contributed by atoms with van der Waals surface area (Å²) in [6.45, 7) is 0. The molecule has 2 saturated carbocycles. The molecule has 128 valence electrons. The molecule has 0 unspecified atom stereocenters. The van der Waals surface area contributed by atoms with Crippen LogP contribution < -0.4 is 0 Å². The SMILES string of the molecule is O=C1[C@H]2[C@@H]3C=C[C@H]([C@@H]4C[C@H]34)[C@@H]2C(=O)N1/N=C\c1cccc2ccccc12. The number of rotatable bonds is 2. The van der Waals surface area contributed by atoms with Crippen LogP contribution in [0.4, 0.5) is 0 Å². The van der Waals surface area contributed by atoms with Crippen LogP contribution in [0.3, 0.4) is 0 Å². The van der Waals surface area contributed by atoms with Gasteiger partial charge in [-0.25, -0.2) is 0 Å². The fourth-order valence-electron chi connectivity index (χ4n) is 5.54. The van der Waals surface area contributed by atoms with Gasteiger partial charge in [-0.2, -0.15) is 10.1 Å². The van der Waals surface area contributed by atoms with Crippen LogP contribution in [0.15, 0.2) is 59.7 Å². The fraction of sp³-hybridized carbons (Fsp3) is 0.318. The first-order chi connectivity index (χ1) is 12.7. The normalized spacial score (nSPS) is 36.8. The molecular formula is C22H18N2O2. The van der Waals surface area contributed by atoms with E-state index in [0.717, 1.165) is 21.3 Å². The Balaban J connectivity index is 1.36. The lowest BCUT2D eigenvalue weighted by Gasteiger charge is -2.37. The van der Waals surface area contributed by atoms with Gasteiger partial charge in [0.2, 0.25) is 0 Å². The van der Waals surface area contributed by atoms with Crippen molar-refractivity contribution in [3.63, 3.8) is 0 Å². The van der Waals surface area contributed by atoms with Gasteiger partial charge >= 0.3 is 0 Å². The zero-order valence-electron chi connectivity index (χ0n) is 14.2. The van der Waals surface area contributed by atoms with Crippen LogP contribution >= 0.6 is 0 Å². The second-order valence-electron chi connectivity index (χ2n) is 7.96. The number of hydrogen-bond acceptors (Lipinski definition) is 3. The Kier molecular flexibility index (Phi) is 2.72. The van der Waals surface area contributed by atoms with Crippen molar-refractivity contribution in [3.05, 3.63) is 60.2 Å². The Hall–Kier alpha value is -2.75. The van der Waals surface area contributed by atoms with E-state index in [1.165, 1.54) is 6.42 Å². The van der Waals surface area contributed by atoms with Crippen molar-refractivity contribution >= 4 is 28.8 Å². The van der Waals surface area contributed by atoms with Gasteiger partial charge in [0.25, 0.3) is 11.8 Å². The van der Waals surface area contributed by atoms with Gasteiger partial charge in [-0.05, 0) is 40.9 Å². The van der Waals surface area contributed by atoms with E-state index >= 15 is 0 Å². The summed E-state index contributed by atoms with van der Waals surface area (Å²) in [7, 11) is 0. The number of amides is 2. The monoisotopic (exact) mass is 342 g/mol. The van der Waals surface area contributed by atoms with Crippen molar-refractivity contribution in [3.8, 4) is 0 Å². The van der Waals surface area contributed by atoms with Crippen molar-refractivity contribution in [2.24, 2.45) is 40.6 Å². The summed E-state index contributed by atoms with van der Waals surface area (Å²) >= 11 is 0. The lowest BCUT2D eigenvalue weighted by molar-refractivity contribution is -0.140. The van der Waals surface area contributed by atoms with E-state index in [1.54, 1.807) is 6.21 Å². The molecule has 4 nitrogen and oxygen atoms in total. The highest BCUT2D eigenvalue weighted by Crippen LogP contribution is 2.65. The van der Waals surface area contributed by atoms with Crippen LogP contribution in [-0.4, -0.2) is 23.0 Å². The molecule has 1 saturated heterocycles. The predicted octanol–water partition coefficient (Wildman–Crippen LogP) is 3.23. The first-order valence-corrected chi connectivity index (χ1v) is 9.32. The second-order valence-corrected chi connectivity index (χ2v) is 7.96. The molecule has 7 rings (SSSR count). The summed E-state index contributed by atoms with van der Waals surface area (Å²) in [5, 5.41) is 7.68. The predicted molar refractivity (Wildman–Crippen MR) is 98.1 cm³/mol. The number of carbonyl (C=O) groups excluding carboxylic acids is 2. The van der Waals surface area contributed by atoms with Crippen LogP contribution in [0.25, 0.3) is 10.8 Å². The van der Waals surface area contributed by atoms with Gasteiger partial charge < -0.3 is 0 Å². The summed E-state index contributed by atoms with van der Waals surface area (Å²) in [5.74, 6) is 1.11. The van der Waals surface area contributed by atoms with Crippen molar-refractivity contribution in [1.82, 2.24) is 5.01 Å². The molecule has 6 atom stereocenters. The van der Waals surface area contributed by atoms with Crippen LogP contribution in [0, 0.1) is 35.5 Å². The summed E-state index contributed by atoms with van der Waals surface area (Å²) in [6, 6.07) is 14.0. The zero-order chi connectivity index (χ0) is 17.4. The summed E-state index contributed by atoms with van der Waals surface area (Å²) in [6.07, 6.45) is 7.20. The molecule has 2 aromatic carbocycles. The largest absolute Gasteiger partial charge is 0.272 e. The second kappa shape index (κ2) is 4.91. The number of benzene rings is 2. The Bertz CT molecular complexity index is 982. The third-order valence-corrected chi connectivity index (χ3v) is 6.78. The third-order valence-electron chi connectivity index (χ3n) is 6.78. The van der Waals surface area contributed by atoms with Crippen LogP contribution in [-0.2, 0) is 9.59 Å². The molecular weight excluding hydrogens is 324 g/mol. The number of imide groups is 1. The Morgan fingerprint density at radius 1 is 0.885 bits per heavy atom. The van der Waals surface area contributed by atoms with Crippen molar-refractivity contribution < 1.29 is 9.59 Å². The van der Waals surface area contributed by atoms with Gasteiger partial charge in [0.1, 0.15) is 0 Å². The zero-order valence-corrected chi connectivity index (χ0v) is 14.2. The molecule has 2 amide bonds. The van der Waals surface area contributed by atoms with Gasteiger partial charge in [-0.1, -0.05) is 54.6 Å². The lowest BCUT2D eigenvalue weighted by Crippen LogP contribution is -2.40. The Morgan fingerprint density at radius 3 is 2.27 bits per heavy atom. The average Bonchev–Trinajstić information content (AvgIpc) is 3.45. The molecule has 2 bridgehead atoms. The minimum Gasteiger partial charge on any atom is -0.272 e. The van der Waals surface area contributed by atoms with Crippen LogP contribution in [0.5, 0.6) is 0 Å². The summed E-state index contributed by atoms with van der Waals surface area (Å²) < 4.78 is 0. The first kappa shape index (κ1) is 14.4. The minimum atomic E-state index is -0.189. The highest BCUT2D eigenvalue weighted by atomic mass is 16.2. The molecule has 0 spiro atoms. The average molecular weight is 342 g/mol. The van der Waals surface area contributed by atoms with Crippen LogP contribution in [0.2, 0.25) is 0 Å². The van der Waals surface area contributed by atoms with E-state index < -0.39 is 0 Å². The highest BCUT2D eigenvalue weighted by Gasteiger charge is 2.67. The number of hydrogen-bond donors (Lipinski definition) is 0. The molecule has 0 aromatic heterocycles. The van der Waals surface area contributed by atoms with E-state index in [0.29, 0.717) is 11.8 Å². The van der Waals surface area contributed by atoms with E-state index in [9.17, 15) is 9.59 Å². The standard InChI is InChI=1S/C22H18N2O2/c25-21-19-15-8-9-16(18-10-17(15)18)20(19)22(26)24(21)23-11-13-6-3-5-12-4-1-2-7-14(12)13/h1-9,11,15-20H,10H2/b23-11-/t15-,16-,17-,18+,19+,20+/m1/s1. The van der Waals surface area contributed by atoms with E-state index in [2.05, 4.69) is 17.3 Å². The molecule has 4 aliphatic carbocycles. The van der Waals surface area contributed by atoms with Crippen LogP contribution in [0.1, 0.15) is 12.0 Å². The topological polar surface area (TPSA) is 49.7 Å². The molecule has 2 aromatic rings. The maximum atomic E-state index is 12.9. The summed E-state index contributed by atoms with van der Waals surface area (Å²) in [4.78, 5) is 25.9. The number of allylic oxidation sites excluding steroid dienone is 2. The van der Waals surface area contributed by atoms with Gasteiger partial charge in [0.05, 0.1) is 18.1 Å². The van der Waals surface area contributed by atoms with Gasteiger partial charge in [-0.15, -0.1) is 0 Å². The van der Waals surface area contributed by atoms with E-state index in [4.69, 9.17) is 0 Å². The molecule has 5 aliphatic rings. The Morgan fingerprint density at radius 2 is 1.54 bits per heavy atom. The van der Waals surface area contributed by atoms with Crippen molar-refractivity contribution in [2.45, 2.75) is 6.42 Å². The molecule has 0 N–H and O–H groups in total. The molecule has 4 heteroatoms. The number of hydrazone groups is 1. The number of fused-ring (bicyclic) bond motifs is 1. The molecule has 3 fully saturated rings. The van der Waals surface area contributed by atoms with E-state index in [1.807, 2.05) is 42.5 Å². The van der Waals surface area contributed by atoms with Crippen molar-refractivity contribution in [2.75, 3.05) is 0 Å². The smallest absolute Gasteiger partial charge is 0.254 e. The maximum absolute atomic E-state index is 12.9. The summed E-state index contributed by atoms with van der Waals surface area (Å²) in [5.41, 5.74) is 0.919. The highest BCUT2D eigenvalue weighted by molar-refractivity contribution is 6.07. The van der Waals surface area contributed by atoms with Crippen molar-refractivity contribution in [1.29, 1.82) is 0 Å². The maximum Gasteiger partial charge on any atom is 0.254 e. The third kappa shape index (κ3) is 1.77.